The fraction of sp³-hybridized carbons (Fsp3) is 0.350. The zero-order valence-corrected chi connectivity index (χ0v) is 17.4. The van der Waals surface area contributed by atoms with E-state index < -0.39 is 5.82 Å². The van der Waals surface area contributed by atoms with Crippen LogP contribution < -0.4 is 15.4 Å². The van der Waals surface area contributed by atoms with Gasteiger partial charge in [0.25, 0.3) is 5.91 Å². The number of hydrogen-bond acceptors (Lipinski definition) is 7. The predicted octanol–water partition coefficient (Wildman–Crippen LogP) is 2.35. The van der Waals surface area contributed by atoms with Crippen molar-refractivity contribution in [3.8, 4) is 17.3 Å². The van der Waals surface area contributed by atoms with Gasteiger partial charge in [-0.25, -0.2) is 4.39 Å². The second kappa shape index (κ2) is 7.16. The summed E-state index contributed by atoms with van der Waals surface area (Å²) in [6, 6.07) is 7.86. The lowest BCUT2D eigenvalue weighted by Gasteiger charge is -2.70. The summed E-state index contributed by atoms with van der Waals surface area (Å²) < 4.78 is 18.8. The molecular formula is C20H19ClFN7O2. The maximum absolute atomic E-state index is 13.4. The number of rotatable bonds is 7. The lowest BCUT2D eigenvalue weighted by molar-refractivity contribution is -0.135. The molecule has 11 heteroatoms. The Labute approximate surface area is 182 Å². The Balaban J connectivity index is 1.10. The standard InChI is InChI=1S/C20H19ClFN7O2/c1-29-27-18(26-28-29)16-5-2-12(7-23-16)24-19-9-20(10-19,11-19)25-17(30)8-31-13-3-4-14(21)15(22)6-13/h2-7,24H,8-11H2,1H3,(H,25,30). The van der Waals surface area contributed by atoms with Crippen LogP contribution in [0.3, 0.4) is 0 Å². The third-order valence-corrected chi connectivity index (χ3v) is 5.91. The molecule has 2 aromatic heterocycles. The highest BCUT2D eigenvalue weighted by Crippen LogP contribution is 2.61. The third kappa shape index (κ3) is 3.78. The van der Waals surface area contributed by atoms with E-state index in [2.05, 4.69) is 31.0 Å². The molecule has 160 valence electrons. The summed E-state index contributed by atoms with van der Waals surface area (Å²) in [6.45, 7) is -0.176. The second-order valence-corrected chi connectivity index (χ2v) is 8.57. The number of halogens is 2. The fourth-order valence-corrected chi connectivity index (χ4v) is 4.51. The summed E-state index contributed by atoms with van der Waals surface area (Å²) in [7, 11) is 1.70. The van der Waals surface area contributed by atoms with Gasteiger partial charge in [-0.05, 0) is 48.7 Å². The second-order valence-electron chi connectivity index (χ2n) is 8.16. The summed E-state index contributed by atoms with van der Waals surface area (Å²) in [5.74, 6) is -0.0705. The van der Waals surface area contributed by atoms with E-state index in [-0.39, 0.29) is 34.4 Å². The lowest BCUT2D eigenvalue weighted by atomic mass is 9.44. The Kier molecular flexibility index (Phi) is 4.54. The molecule has 0 atom stereocenters. The quantitative estimate of drug-likeness (QED) is 0.577. The van der Waals surface area contributed by atoms with Crippen molar-refractivity contribution in [3.63, 3.8) is 0 Å². The van der Waals surface area contributed by atoms with Gasteiger partial charge in [-0.2, -0.15) is 4.80 Å². The Morgan fingerprint density at radius 1 is 1.26 bits per heavy atom. The summed E-state index contributed by atoms with van der Waals surface area (Å²) in [5, 5.41) is 18.4. The highest BCUT2D eigenvalue weighted by atomic mass is 35.5. The number of amides is 1. The molecule has 0 radical (unpaired) electrons. The van der Waals surface area contributed by atoms with Crippen molar-refractivity contribution in [1.29, 1.82) is 0 Å². The maximum atomic E-state index is 13.4. The number of nitrogens with zero attached hydrogens (tertiary/aromatic N) is 5. The zero-order valence-electron chi connectivity index (χ0n) is 16.6. The molecule has 2 bridgehead atoms. The van der Waals surface area contributed by atoms with Crippen molar-refractivity contribution in [3.05, 3.63) is 47.4 Å². The minimum absolute atomic E-state index is 0.0127. The van der Waals surface area contributed by atoms with Crippen LogP contribution in [0, 0.1) is 5.82 Å². The van der Waals surface area contributed by atoms with Crippen molar-refractivity contribution < 1.29 is 13.9 Å². The van der Waals surface area contributed by atoms with Crippen LogP contribution in [0.5, 0.6) is 5.75 Å². The monoisotopic (exact) mass is 443 g/mol. The van der Waals surface area contributed by atoms with Crippen molar-refractivity contribution in [2.75, 3.05) is 11.9 Å². The van der Waals surface area contributed by atoms with E-state index in [4.69, 9.17) is 16.3 Å². The normalized spacial score (nSPS) is 23.5. The fourth-order valence-electron chi connectivity index (χ4n) is 4.39. The number of nitrogens with one attached hydrogen (secondary N) is 2. The minimum Gasteiger partial charge on any atom is -0.484 e. The highest BCUT2D eigenvalue weighted by Gasteiger charge is 2.68. The van der Waals surface area contributed by atoms with Gasteiger partial charge in [0.05, 0.1) is 24.0 Å². The van der Waals surface area contributed by atoms with Crippen LogP contribution >= 0.6 is 11.6 Å². The van der Waals surface area contributed by atoms with Crippen LogP contribution in [-0.2, 0) is 11.8 Å². The van der Waals surface area contributed by atoms with E-state index in [1.165, 1.54) is 16.9 Å². The number of tetrazole rings is 1. The number of aromatic nitrogens is 5. The van der Waals surface area contributed by atoms with Crippen LogP contribution in [0.4, 0.5) is 10.1 Å². The smallest absolute Gasteiger partial charge is 0.258 e. The van der Waals surface area contributed by atoms with Gasteiger partial charge in [0.2, 0.25) is 5.82 Å². The maximum Gasteiger partial charge on any atom is 0.258 e. The SMILES string of the molecule is Cn1nnc(-c2ccc(NC34CC(NC(=O)COc5ccc(Cl)c(F)c5)(C3)C4)cn2)n1. The largest absolute Gasteiger partial charge is 0.484 e. The zero-order chi connectivity index (χ0) is 21.6. The van der Waals surface area contributed by atoms with Gasteiger partial charge in [-0.15, -0.1) is 10.2 Å². The van der Waals surface area contributed by atoms with Gasteiger partial charge in [-0.3, -0.25) is 9.78 Å². The molecule has 3 aliphatic rings. The van der Waals surface area contributed by atoms with Crippen molar-refractivity contribution in [1.82, 2.24) is 30.5 Å². The molecule has 0 saturated heterocycles. The molecule has 3 fully saturated rings. The first kappa shape index (κ1) is 19.7. The number of carbonyl (C=O) groups excluding carboxylic acids is 1. The van der Waals surface area contributed by atoms with Gasteiger partial charge < -0.3 is 15.4 Å². The summed E-state index contributed by atoms with van der Waals surface area (Å²) in [5.41, 5.74) is 1.33. The molecule has 3 saturated carbocycles. The molecule has 6 rings (SSSR count). The Bertz CT molecular complexity index is 1130. The average molecular weight is 444 g/mol. The number of hydrogen-bond donors (Lipinski definition) is 2. The molecular weight excluding hydrogens is 425 g/mol. The minimum atomic E-state index is -0.581. The van der Waals surface area contributed by atoms with Gasteiger partial charge in [0.15, 0.2) is 6.61 Å². The van der Waals surface area contributed by atoms with Crippen LogP contribution in [-0.4, -0.2) is 48.8 Å². The number of aryl methyl sites for hydroxylation is 1. The van der Waals surface area contributed by atoms with Crippen molar-refractivity contribution in [2.24, 2.45) is 7.05 Å². The predicted molar refractivity (Wildman–Crippen MR) is 110 cm³/mol. The molecule has 1 aromatic carbocycles. The third-order valence-electron chi connectivity index (χ3n) is 5.61. The number of ether oxygens (including phenoxy) is 1. The van der Waals surface area contributed by atoms with E-state index in [0.29, 0.717) is 11.5 Å². The molecule has 1 amide bonds. The number of pyridine rings is 1. The molecule has 2 N–H and O–H groups in total. The van der Waals surface area contributed by atoms with E-state index in [1.807, 2.05) is 12.1 Å². The summed E-state index contributed by atoms with van der Waals surface area (Å²) in [4.78, 5) is 18.0. The van der Waals surface area contributed by atoms with Crippen LogP contribution in [0.25, 0.3) is 11.5 Å². The first-order valence-corrected chi connectivity index (χ1v) is 10.1. The molecule has 0 unspecified atom stereocenters. The molecule has 0 spiro atoms. The highest BCUT2D eigenvalue weighted by molar-refractivity contribution is 6.30. The van der Waals surface area contributed by atoms with Gasteiger partial charge in [0, 0.05) is 17.1 Å². The van der Waals surface area contributed by atoms with Gasteiger partial charge in [0.1, 0.15) is 17.3 Å². The van der Waals surface area contributed by atoms with Crippen molar-refractivity contribution >= 4 is 23.2 Å². The van der Waals surface area contributed by atoms with Crippen molar-refractivity contribution in [2.45, 2.75) is 30.3 Å². The van der Waals surface area contributed by atoms with Crippen LogP contribution in [0.2, 0.25) is 5.02 Å². The van der Waals surface area contributed by atoms with Gasteiger partial charge >= 0.3 is 0 Å². The summed E-state index contributed by atoms with van der Waals surface area (Å²) in [6.07, 6.45) is 4.23. The molecule has 9 nitrogen and oxygen atoms in total. The molecule has 3 aliphatic carbocycles. The molecule has 2 heterocycles. The Morgan fingerprint density at radius 2 is 2.06 bits per heavy atom. The number of benzene rings is 1. The van der Waals surface area contributed by atoms with E-state index in [9.17, 15) is 9.18 Å². The molecule has 0 aliphatic heterocycles. The molecule has 31 heavy (non-hydrogen) atoms. The Morgan fingerprint density at radius 3 is 2.71 bits per heavy atom. The van der Waals surface area contributed by atoms with Crippen LogP contribution in [0.15, 0.2) is 36.5 Å². The summed E-state index contributed by atoms with van der Waals surface area (Å²) >= 11 is 5.64. The van der Waals surface area contributed by atoms with E-state index in [1.54, 1.807) is 13.2 Å². The molecule has 3 aromatic rings. The van der Waals surface area contributed by atoms with E-state index in [0.717, 1.165) is 31.0 Å². The lowest BCUT2D eigenvalue weighted by Crippen LogP contribution is -2.81. The first-order chi connectivity index (χ1) is 14.8. The average Bonchev–Trinajstić information content (AvgIpc) is 3.13. The Hall–Kier alpha value is -3.27. The number of anilines is 1. The van der Waals surface area contributed by atoms with Crippen LogP contribution in [0.1, 0.15) is 19.3 Å². The number of carbonyl (C=O) groups is 1. The topological polar surface area (TPSA) is 107 Å². The van der Waals surface area contributed by atoms with E-state index >= 15 is 0 Å². The van der Waals surface area contributed by atoms with Gasteiger partial charge in [-0.1, -0.05) is 11.6 Å². The first-order valence-electron chi connectivity index (χ1n) is 9.71.